The Hall–Kier alpha value is -0.860. The molecule has 1 atom stereocenters. The molecule has 1 aromatic carbocycles. The average Bonchev–Trinajstić information content (AvgIpc) is 2.93. The fourth-order valence-corrected chi connectivity index (χ4v) is 2.75. The summed E-state index contributed by atoms with van der Waals surface area (Å²) in [5.74, 6) is 0. The first-order valence-corrected chi connectivity index (χ1v) is 5.80. The zero-order valence-corrected chi connectivity index (χ0v) is 9.02. The molecular weight excluding hydrogens is 184 g/mol. The highest BCUT2D eigenvalue weighted by atomic mass is 15.2. The van der Waals surface area contributed by atoms with Crippen LogP contribution in [0.2, 0.25) is 0 Å². The third-order valence-electron chi connectivity index (χ3n) is 3.92. The van der Waals surface area contributed by atoms with Gasteiger partial charge < -0.3 is 5.73 Å². The van der Waals surface area contributed by atoms with Crippen LogP contribution in [0.15, 0.2) is 30.3 Å². The molecule has 2 fully saturated rings. The summed E-state index contributed by atoms with van der Waals surface area (Å²) in [6.07, 6.45) is 2.69. The number of rotatable bonds is 2. The van der Waals surface area contributed by atoms with Crippen LogP contribution in [0.25, 0.3) is 0 Å². The van der Waals surface area contributed by atoms with Crippen LogP contribution in [0, 0.1) is 5.41 Å². The number of nitrogens with two attached hydrogens (primary N) is 1. The van der Waals surface area contributed by atoms with Gasteiger partial charge in [-0.3, -0.25) is 4.90 Å². The van der Waals surface area contributed by atoms with Gasteiger partial charge in [0.1, 0.15) is 0 Å². The Morgan fingerprint density at radius 3 is 2.60 bits per heavy atom. The maximum Gasteiger partial charge on any atom is 0.0237 e. The van der Waals surface area contributed by atoms with Crippen molar-refractivity contribution in [2.75, 3.05) is 13.1 Å². The maximum atomic E-state index is 6.18. The lowest BCUT2D eigenvalue weighted by atomic mass is 10.0. The van der Waals surface area contributed by atoms with E-state index in [0.717, 1.165) is 13.1 Å². The van der Waals surface area contributed by atoms with Crippen LogP contribution >= 0.6 is 0 Å². The fourth-order valence-electron chi connectivity index (χ4n) is 2.75. The van der Waals surface area contributed by atoms with Gasteiger partial charge in [-0.2, -0.15) is 0 Å². The van der Waals surface area contributed by atoms with Crippen molar-refractivity contribution in [3.05, 3.63) is 35.9 Å². The Bertz CT molecular complexity index is 343. The van der Waals surface area contributed by atoms with Gasteiger partial charge in [0.25, 0.3) is 0 Å². The van der Waals surface area contributed by atoms with Gasteiger partial charge in [0, 0.05) is 25.7 Å². The lowest BCUT2D eigenvalue weighted by Crippen LogP contribution is -2.30. The monoisotopic (exact) mass is 202 g/mol. The van der Waals surface area contributed by atoms with Crippen molar-refractivity contribution < 1.29 is 0 Å². The Kier molecular flexibility index (Phi) is 2.08. The molecule has 80 valence electrons. The number of likely N-dealkylation sites (tertiary alicyclic amines) is 1. The summed E-state index contributed by atoms with van der Waals surface area (Å²) in [5, 5.41) is 0. The summed E-state index contributed by atoms with van der Waals surface area (Å²) >= 11 is 0. The second-order valence-corrected chi connectivity index (χ2v) is 5.12. The van der Waals surface area contributed by atoms with E-state index in [1.165, 1.54) is 24.9 Å². The van der Waals surface area contributed by atoms with E-state index in [-0.39, 0.29) is 0 Å². The van der Waals surface area contributed by atoms with E-state index in [1.807, 2.05) is 0 Å². The molecule has 1 saturated carbocycles. The first-order valence-electron chi connectivity index (χ1n) is 5.80. The van der Waals surface area contributed by atoms with Crippen LogP contribution in [0.3, 0.4) is 0 Å². The quantitative estimate of drug-likeness (QED) is 0.789. The molecule has 0 radical (unpaired) electrons. The number of hydrogen-bond donors (Lipinski definition) is 1. The molecule has 1 saturated heterocycles. The molecule has 1 aromatic rings. The first kappa shape index (κ1) is 9.37. The average molecular weight is 202 g/mol. The summed E-state index contributed by atoms with van der Waals surface area (Å²) in [6.45, 7) is 3.36. The van der Waals surface area contributed by atoms with Gasteiger partial charge in [0.2, 0.25) is 0 Å². The Balaban J connectivity index is 1.66. The fraction of sp³-hybridized carbons (Fsp3) is 0.538. The van der Waals surface area contributed by atoms with Crippen LogP contribution in [0.5, 0.6) is 0 Å². The van der Waals surface area contributed by atoms with Crippen molar-refractivity contribution in [2.24, 2.45) is 11.1 Å². The van der Waals surface area contributed by atoms with Crippen molar-refractivity contribution >= 4 is 0 Å². The Morgan fingerprint density at radius 2 is 2.00 bits per heavy atom. The largest absolute Gasteiger partial charge is 0.326 e. The predicted molar refractivity (Wildman–Crippen MR) is 61.4 cm³/mol. The van der Waals surface area contributed by atoms with E-state index in [4.69, 9.17) is 5.73 Å². The number of nitrogens with zero attached hydrogens (tertiary/aromatic N) is 1. The predicted octanol–water partition coefficient (Wildman–Crippen LogP) is 1.61. The van der Waals surface area contributed by atoms with Crippen LogP contribution in [0.1, 0.15) is 18.4 Å². The Labute approximate surface area is 91.1 Å². The highest BCUT2D eigenvalue weighted by molar-refractivity contribution is 5.16. The molecule has 3 rings (SSSR count). The topological polar surface area (TPSA) is 29.3 Å². The second-order valence-electron chi connectivity index (χ2n) is 5.12. The normalized spacial score (nSPS) is 28.5. The highest BCUT2D eigenvalue weighted by Crippen LogP contribution is 2.52. The number of hydrogen-bond acceptors (Lipinski definition) is 2. The molecule has 0 unspecified atom stereocenters. The zero-order chi connectivity index (χ0) is 10.3. The van der Waals surface area contributed by atoms with E-state index >= 15 is 0 Å². The molecule has 1 heterocycles. The molecule has 1 aliphatic heterocycles. The molecule has 0 bridgehead atoms. The molecule has 0 amide bonds. The summed E-state index contributed by atoms with van der Waals surface area (Å²) in [6, 6.07) is 11.1. The van der Waals surface area contributed by atoms with Crippen LogP contribution < -0.4 is 5.73 Å². The highest BCUT2D eigenvalue weighted by Gasteiger charge is 2.53. The van der Waals surface area contributed by atoms with Crippen molar-refractivity contribution in [1.82, 2.24) is 4.90 Å². The van der Waals surface area contributed by atoms with Gasteiger partial charge in [-0.15, -0.1) is 0 Å². The SMILES string of the molecule is N[C@@H]1CN(Cc2ccccc2)CC12CC2. The van der Waals surface area contributed by atoms with Gasteiger partial charge >= 0.3 is 0 Å². The molecule has 2 aliphatic rings. The van der Waals surface area contributed by atoms with Gasteiger partial charge in [-0.1, -0.05) is 30.3 Å². The lowest BCUT2D eigenvalue weighted by Gasteiger charge is -2.15. The van der Waals surface area contributed by atoms with Crippen molar-refractivity contribution in [1.29, 1.82) is 0 Å². The first-order chi connectivity index (χ1) is 7.28. The van der Waals surface area contributed by atoms with E-state index < -0.39 is 0 Å². The molecule has 1 aliphatic carbocycles. The standard InChI is InChI=1S/C13H18N2/c14-12-9-15(10-13(12)6-7-13)8-11-4-2-1-3-5-11/h1-5,12H,6-10,14H2/t12-/m1/s1. The molecular formula is C13H18N2. The van der Waals surface area contributed by atoms with Gasteiger partial charge in [-0.25, -0.2) is 0 Å². The molecule has 2 N–H and O–H groups in total. The Morgan fingerprint density at radius 1 is 1.27 bits per heavy atom. The second kappa shape index (κ2) is 3.32. The van der Waals surface area contributed by atoms with Crippen LogP contribution in [-0.4, -0.2) is 24.0 Å². The maximum absolute atomic E-state index is 6.18. The minimum absolute atomic E-state index is 0.418. The summed E-state index contributed by atoms with van der Waals surface area (Å²) < 4.78 is 0. The van der Waals surface area contributed by atoms with Crippen molar-refractivity contribution in [3.8, 4) is 0 Å². The van der Waals surface area contributed by atoms with Crippen molar-refractivity contribution in [2.45, 2.75) is 25.4 Å². The third kappa shape index (κ3) is 1.68. The molecule has 2 nitrogen and oxygen atoms in total. The smallest absolute Gasteiger partial charge is 0.0237 e. The molecule has 0 aromatic heterocycles. The molecule has 1 spiro atoms. The molecule has 2 heteroatoms. The van der Waals surface area contributed by atoms with E-state index in [0.29, 0.717) is 11.5 Å². The summed E-state index contributed by atoms with van der Waals surface area (Å²) in [5.41, 5.74) is 8.09. The third-order valence-corrected chi connectivity index (χ3v) is 3.92. The van der Waals surface area contributed by atoms with Crippen LogP contribution in [-0.2, 0) is 6.54 Å². The van der Waals surface area contributed by atoms with E-state index in [1.54, 1.807) is 0 Å². The zero-order valence-electron chi connectivity index (χ0n) is 9.02. The van der Waals surface area contributed by atoms with E-state index in [9.17, 15) is 0 Å². The van der Waals surface area contributed by atoms with E-state index in [2.05, 4.69) is 35.2 Å². The van der Waals surface area contributed by atoms with Gasteiger partial charge in [0.15, 0.2) is 0 Å². The molecule has 15 heavy (non-hydrogen) atoms. The minimum Gasteiger partial charge on any atom is -0.326 e. The lowest BCUT2D eigenvalue weighted by molar-refractivity contribution is 0.312. The van der Waals surface area contributed by atoms with Gasteiger partial charge in [-0.05, 0) is 23.8 Å². The summed E-state index contributed by atoms with van der Waals surface area (Å²) in [7, 11) is 0. The van der Waals surface area contributed by atoms with Gasteiger partial charge in [0.05, 0.1) is 0 Å². The summed E-state index contributed by atoms with van der Waals surface area (Å²) in [4.78, 5) is 2.51. The van der Waals surface area contributed by atoms with Crippen molar-refractivity contribution in [3.63, 3.8) is 0 Å². The number of benzene rings is 1. The van der Waals surface area contributed by atoms with Crippen LogP contribution in [0.4, 0.5) is 0 Å². The minimum atomic E-state index is 0.418.